The van der Waals surface area contributed by atoms with Crippen molar-refractivity contribution in [2.24, 2.45) is 0 Å². The zero-order chi connectivity index (χ0) is 15.9. The first-order valence-corrected chi connectivity index (χ1v) is 7.31. The largest absolute Gasteiger partial charge is 0.338 e. The van der Waals surface area contributed by atoms with Crippen molar-refractivity contribution >= 4 is 23.4 Å². The van der Waals surface area contributed by atoms with Gasteiger partial charge in [-0.15, -0.1) is 0 Å². The van der Waals surface area contributed by atoms with Crippen LogP contribution in [0, 0.1) is 13.8 Å². The van der Waals surface area contributed by atoms with Gasteiger partial charge in [0.05, 0.1) is 0 Å². The summed E-state index contributed by atoms with van der Waals surface area (Å²) < 4.78 is 0. The van der Waals surface area contributed by atoms with Crippen LogP contribution >= 0.6 is 0 Å². The monoisotopic (exact) mass is 299 g/mol. The number of amides is 2. The SMILES string of the molecule is CCCNC(=O)Nc1cccc(Nc2nc(C)cc(C)n2)c1. The van der Waals surface area contributed by atoms with Crippen LogP contribution in [0.4, 0.5) is 22.1 Å². The maximum Gasteiger partial charge on any atom is 0.319 e. The third kappa shape index (κ3) is 4.73. The quantitative estimate of drug-likeness (QED) is 0.791. The number of hydrogen-bond acceptors (Lipinski definition) is 4. The summed E-state index contributed by atoms with van der Waals surface area (Å²) >= 11 is 0. The maximum atomic E-state index is 11.7. The summed E-state index contributed by atoms with van der Waals surface area (Å²) in [6.07, 6.45) is 0.902. The molecule has 0 saturated heterocycles. The van der Waals surface area contributed by atoms with E-state index in [1.165, 1.54) is 0 Å². The molecule has 0 atom stereocenters. The van der Waals surface area contributed by atoms with E-state index >= 15 is 0 Å². The topological polar surface area (TPSA) is 78.9 Å². The first-order chi connectivity index (χ1) is 10.6. The van der Waals surface area contributed by atoms with Crippen molar-refractivity contribution in [3.8, 4) is 0 Å². The van der Waals surface area contributed by atoms with E-state index in [9.17, 15) is 4.79 Å². The lowest BCUT2D eigenvalue weighted by Crippen LogP contribution is -2.29. The van der Waals surface area contributed by atoms with E-state index < -0.39 is 0 Å². The zero-order valence-corrected chi connectivity index (χ0v) is 13.1. The van der Waals surface area contributed by atoms with Gasteiger partial charge >= 0.3 is 6.03 Å². The summed E-state index contributed by atoms with van der Waals surface area (Å²) in [5.74, 6) is 0.546. The van der Waals surface area contributed by atoms with E-state index in [0.717, 1.165) is 23.5 Å². The molecule has 0 unspecified atom stereocenters. The highest BCUT2D eigenvalue weighted by Gasteiger charge is 2.03. The van der Waals surface area contributed by atoms with Gasteiger partial charge in [-0.25, -0.2) is 14.8 Å². The first-order valence-electron chi connectivity index (χ1n) is 7.31. The Morgan fingerprint density at radius 3 is 2.45 bits per heavy atom. The van der Waals surface area contributed by atoms with Gasteiger partial charge in [0.25, 0.3) is 0 Å². The van der Waals surface area contributed by atoms with Crippen LogP contribution in [0.15, 0.2) is 30.3 Å². The minimum atomic E-state index is -0.207. The second-order valence-corrected chi connectivity index (χ2v) is 5.06. The molecule has 116 valence electrons. The highest BCUT2D eigenvalue weighted by atomic mass is 16.2. The predicted molar refractivity (Wildman–Crippen MR) is 88.5 cm³/mol. The van der Waals surface area contributed by atoms with E-state index in [1.807, 2.05) is 51.1 Å². The number of carbonyl (C=O) groups excluding carboxylic acids is 1. The molecule has 0 aliphatic heterocycles. The molecule has 0 aliphatic carbocycles. The molecule has 0 bridgehead atoms. The van der Waals surface area contributed by atoms with Crippen LogP contribution in [0.2, 0.25) is 0 Å². The van der Waals surface area contributed by atoms with Crippen LogP contribution < -0.4 is 16.0 Å². The molecule has 22 heavy (non-hydrogen) atoms. The van der Waals surface area contributed by atoms with Crippen molar-refractivity contribution in [3.05, 3.63) is 41.7 Å². The highest BCUT2D eigenvalue weighted by molar-refractivity contribution is 5.89. The average Bonchev–Trinajstić information content (AvgIpc) is 2.44. The van der Waals surface area contributed by atoms with Crippen LogP contribution in [-0.4, -0.2) is 22.5 Å². The van der Waals surface area contributed by atoms with Gasteiger partial charge in [-0.05, 0) is 44.5 Å². The fourth-order valence-electron chi connectivity index (χ4n) is 2.00. The summed E-state index contributed by atoms with van der Waals surface area (Å²) in [5.41, 5.74) is 3.34. The van der Waals surface area contributed by atoms with Gasteiger partial charge in [-0.2, -0.15) is 0 Å². The lowest BCUT2D eigenvalue weighted by molar-refractivity contribution is 0.252. The van der Waals surface area contributed by atoms with Gasteiger partial charge in [0, 0.05) is 29.3 Å². The molecule has 1 aromatic carbocycles. The number of anilines is 3. The standard InChI is InChI=1S/C16H21N5O/c1-4-8-17-16(22)21-14-7-5-6-13(10-14)20-15-18-11(2)9-12(3)19-15/h5-7,9-10H,4,8H2,1-3H3,(H2,17,21,22)(H,18,19,20). The Hall–Kier alpha value is -2.63. The first kappa shape index (κ1) is 15.8. The fourth-order valence-corrected chi connectivity index (χ4v) is 2.00. The molecule has 2 amide bonds. The molecule has 2 aromatic rings. The smallest absolute Gasteiger partial charge is 0.319 e. The number of benzene rings is 1. The van der Waals surface area contributed by atoms with E-state index in [4.69, 9.17) is 0 Å². The van der Waals surface area contributed by atoms with E-state index in [2.05, 4.69) is 25.9 Å². The van der Waals surface area contributed by atoms with Crippen LogP contribution in [0.25, 0.3) is 0 Å². The van der Waals surface area contributed by atoms with Crippen molar-refractivity contribution in [2.75, 3.05) is 17.2 Å². The molecule has 0 radical (unpaired) electrons. The Kier molecular flexibility index (Phi) is 5.30. The van der Waals surface area contributed by atoms with Gasteiger partial charge in [0.1, 0.15) is 0 Å². The number of urea groups is 1. The summed E-state index contributed by atoms with van der Waals surface area (Å²) in [6.45, 7) is 6.51. The molecular formula is C16H21N5O. The van der Waals surface area contributed by atoms with Crippen molar-refractivity contribution in [1.82, 2.24) is 15.3 Å². The lowest BCUT2D eigenvalue weighted by Gasteiger charge is -2.10. The molecule has 0 saturated carbocycles. The number of rotatable bonds is 5. The molecule has 0 aliphatic rings. The van der Waals surface area contributed by atoms with Crippen molar-refractivity contribution in [2.45, 2.75) is 27.2 Å². The molecular weight excluding hydrogens is 278 g/mol. The summed E-state index contributed by atoms with van der Waals surface area (Å²) in [6, 6.07) is 9.14. The Balaban J connectivity index is 2.06. The maximum absolute atomic E-state index is 11.7. The van der Waals surface area contributed by atoms with E-state index in [-0.39, 0.29) is 6.03 Å². The minimum Gasteiger partial charge on any atom is -0.338 e. The van der Waals surface area contributed by atoms with Gasteiger partial charge < -0.3 is 16.0 Å². The third-order valence-electron chi connectivity index (χ3n) is 2.89. The number of carbonyl (C=O) groups is 1. The second kappa shape index (κ2) is 7.40. The van der Waals surface area contributed by atoms with Crippen LogP contribution in [0.3, 0.4) is 0 Å². The molecule has 1 heterocycles. The van der Waals surface area contributed by atoms with Gasteiger partial charge in [-0.3, -0.25) is 0 Å². The summed E-state index contributed by atoms with van der Waals surface area (Å²) in [5, 5.41) is 8.71. The Bertz CT molecular complexity index is 636. The minimum absolute atomic E-state index is 0.207. The average molecular weight is 299 g/mol. The number of aryl methyl sites for hydroxylation is 2. The second-order valence-electron chi connectivity index (χ2n) is 5.06. The molecule has 6 nitrogen and oxygen atoms in total. The van der Waals surface area contributed by atoms with Crippen LogP contribution in [0.5, 0.6) is 0 Å². The summed E-state index contributed by atoms with van der Waals surface area (Å²) in [7, 11) is 0. The van der Waals surface area contributed by atoms with E-state index in [1.54, 1.807) is 0 Å². The molecule has 2 rings (SSSR count). The zero-order valence-electron chi connectivity index (χ0n) is 13.1. The predicted octanol–water partition coefficient (Wildman–Crippen LogP) is 3.37. The molecule has 1 aromatic heterocycles. The lowest BCUT2D eigenvalue weighted by atomic mass is 10.3. The highest BCUT2D eigenvalue weighted by Crippen LogP contribution is 2.18. The third-order valence-corrected chi connectivity index (χ3v) is 2.89. The van der Waals surface area contributed by atoms with E-state index in [0.29, 0.717) is 18.2 Å². The van der Waals surface area contributed by atoms with Crippen molar-refractivity contribution in [1.29, 1.82) is 0 Å². The normalized spacial score (nSPS) is 10.1. The molecule has 6 heteroatoms. The Labute approximate surface area is 130 Å². The number of nitrogens with zero attached hydrogens (tertiary/aromatic N) is 2. The van der Waals surface area contributed by atoms with Crippen LogP contribution in [-0.2, 0) is 0 Å². The Morgan fingerprint density at radius 1 is 1.09 bits per heavy atom. The number of aromatic nitrogens is 2. The fraction of sp³-hybridized carbons (Fsp3) is 0.312. The Morgan fingerprint density at radius 2 is 1.77 bits per heavy atom. The number of nitrogens with one attached hydrogen (secondary N) is 3. The molecule has 0 fully saturated rings. The van der Waals surface area contributed by atoms with Gasteiger partial charge in [0.2, 0.25) is 5.95 Å². The van der Waals surface area contributed by atoms with Crippen molar-refractivity contribution in [3.63, 3.8) is 0 Å². The number of hydrogen-bond donors (Lipinski definition) is 3. The molecule has 3 N–H and O–H groups in total. The molecule has 0 spiro atoms. The van der Waals surface area contributed by atoms with Crippen LogP contribution in [0.1, 0.15) is 24.7 Å². The van der Waals surface area contributed by atoms with Crippen molar-refractivity contribution < 1.29 is 4.79 Å². The van der Waals surface area contributed by atoms with Gasteiger partial charge in [-0.1, -0.05) is 13.0 Å². The van der Waals surface area contributed by atoms with Gasteiger partial charge in [0.15, 0.2) is 0 Å². The summed E-state index contributed by atoms with van der Waals surface area (Å²) in [4.78, 5) is 20.3.